The van der Waals surface area contributed by atoms with Gasteiger partial charge in [0.05, 0.1) is 23.3 Å². The van der Waals surface area contributed by atoms with Gasteiger partial charge in [-0.05, 0) is 121 Å². The SMILES string of the molecule is CCCCCC#Cc1cc2c(cc1C#CCCCCC)-c1nc-2nc2[n-]c(nc3nc(nc4[n-]c(n1)c1cc(C#CCCCCC)c(C#CCCCCC)cc41)-c1cc(C#CCCCCC)c(C#CCCCCC)cc1-3)c1cc(C#CCCCCC)c(C#CCCCCC)cc21.[Zn+2]. The molecule has 0 saturated carbocycles. The number of rotatable bonds is 24. The van der Waals surface area contributed by atoms with Crippen LogP contribution in [0, 0.1) is 94.7 Å². The number of nitrogens with zero attached hydrogens (tertiary/aromatic N) is 8. The molecule has 0 atom stereocenters. The van der Waals surface area contributed by atoms with E-state index in [-0.39, 0.29) is 19.5 Å². The molecule has 4 aromatic carbocycles. The van der Waals surface area contributed by atoms with E-state index in [1.165, 1.54) is 0 Å². The van der Waals surface area contributed by atoms with Gasteiger partial charge in [-0.2, -0.15) is 0 Å². The number of hydrogen-bond donors (Lipinski definition) is 0. The molecule has 8 nitrogen and oxygen atoms in total. The van der Waals surface area contributed by atoms with E-state index >= 15 is 0 Å². The Morgan fingerprint density at radius 1 is 0.227 bits per heavy atom. The topological polar surface area (TPSA) is 106 Å². The van der Waals surface area contributed by atoms with E-state index < -0.39 is 0 Å². The summed E-state index contributed by atoms with van der Waals surface area (Å²) in [6.45, 7) is 17.8. The van der Waals surface area contributed by atoms with Gasteiger partial charge in [-0.1, -0.05) is 253 Å². The first-order chi connectivity index (χ1) is 47.3. The van der Waals surface area contributed by atoms with Crippen LogP contribution in [0.1, 0.15) is 305 Å². The van der Waals surface area contributed by atoms with Crippen LogP contribution in [0.3, 0.4) is 0 Å². The molecule has 0 unspecified atom stereocenters. The Bertz CT molecular complexity index is 4040. The Morgan fingerprint density at radius 2 is 0.392 bits per heavy atom. The molecule has 7 aromatic rings. The Kier molecular flexibility index (Phi) is 30.7. The maximum absolute atomic E-state index is 5.54. The number of benzene rings is 4. The maximum atomic E-state index is 5.54. The summed E-state index contributed by atoms with van der Waals surface area (Å²) in [7, 11) is 0. The quantitative estimate of drug-likeness (QED) is 0.0335. The Hall–Kier alpha value is -8.66. The van der Waals surface area contributed by atoms with E-state index in [0.29, 0.717) is 45.9 Å². The second-order valence-corrected chi connectivity index (χ2v) is 25.3. The molecule has 0 amide bonds. The summed E-state index contributed by atoms with van der Waals surface area (Å²) in [4.78, 5) is 43.9. The molecule has 9 rings (SSSR count). The van der Waals surface area contributed by atoms with E-state index in [9.17, 15) is 0 Å². The van der Waals surface area contributed by atoms with Crippen molar-refractivity contribution >= 4 is 44.1 Å². The molecule has 8 bridgehead atoms. The van der Waals surface area contributed by atoms with Gasteiger partial charge >= 0.3 is 19.5 Å². The van der Waals surface area contributed by atoms with E-state index in [0.717, 1.165) is 294 Å². The van der Waals surface area contributed by atoms with Gasteiger partial charge in [0.2, 0.25) is 0 Å². The smallest absolute Gasteiger partial charge is 0.357 e. The molecule has 490 valence electrons. The fraction of sp³-hybridized carbons (Fsp3) is 0.455. The van der Waals surface area contributed by atoms with Crippen LogP contribution in [0.15, 0.2) is 48.5 Å². The number of hydrogen-bond acceptors (Lipinski definition) is 6. The predicted octanol–water partition coefficient (Wildman–Crippen LogP) is 21.6. The summed E-state index contributed by atoms with van der Waals surface area (Å²) in [5.74, 6) is 58.5. The third kappa shape index (κ3) is 20.7. The minimum atomic E-state index is 0. The Morgan fingerprint density at radius 3 is 0.557 bits per heavy atom. The first-order valence-electron chi connectivity index (χ1n) is 36.7. The molecule has 0 N–H and O–H groups in total. The van der Waals surface area contributed by atoms with Crippen LogP contribution >= 0.6 is 0 Å². The van der Waals surface area contributed by atoms with Gasteiger partial charge < -0.3 is 29.9 Å². The molecule has 9 heteroatoms. The average Bonchev–Trinajstić information content (AvgIpc) is 1.60. The standard InChI is InChI=1S/C88H96N8.Zn/c1-9-17-25-33-41-49-65-57-73-74(58-66(65)50-42-34-26-18-10-2)82-89-81(73)93-83-75-59-67(51-43-35-27-19-11-3)68(52-44-36-28-20-12-4)60-76(75)85(90-83)95-87-79-63-71(55-47-39-31-23-15-7)72(56-48-40-32-24-16-8)64-80(79)88(92-87)96-86-78-62-70(54-46-38-30-22-14-6)69(53-45-37-29-21-13-5)61-77(78)84(91-86)94-82;/h57-64H,9-40H2,1-8H3;/q-2;+2. The third-order valence-electron chi connectivity index (χ3n) is 17.3. The summed E-state index contributed by atoms with van der Waals surface area (Å²) in [6, 6.07) is 16.9. The van der Waals surface area contributed by atoms with Crippen molar-refractivity contribution < 1.29 is 19.5 Å². The van der Waals surface area contributed by atoms with Crippen molar-refractivity contribution in [1.29, 1.82) is 0 Å². The van der Waals surface area contributed by atoms with Gasteiger partial charge in [-0.3, -0.25) is 0 Å². The van der Waals surface area contributed by atoms with Crippen LogP contribution in [0.2, 0.25) is 0 Å². The minimum absolute atomic E-state index is 0. The van der Waals surface area contributed by atoms with Crippen molar-refractivity contribution in [1.82, 2.24) is 39.9 Å². The summed E-state index contributed by atoms with van der Waals surface area (Å²) in [6.07, 6.45) is 32.5. The fourth-order valence-electron chi connectivity index (χ4n) is 11.6. The molecule has 2 aliphatic heterocycles. The average molecular weight is 1330 g/mol. The number of fused-ring (bicyclic) bond motifs is 20. The zero-order valence-corrected chi connectivity index (χ0v) is 62.5. The van der Waals surface area contributed by atoms with Crippen molar-refractivity contribution in [3.05, 3.63) is 93.0 Å². The number of unbranched alkanes of at least 4 members (excludes halogenated alkanes) is 24. The molecule has 2 aliphatic rings. The van der Waals surface area contributed by atoms with Crippen LogP contribution in [0.5, 0.6) is 0 Å². The molecule has 0 radical (unpaired) electrons. The van der Waals surface area contributed by atoms with E-state index in [4.69, 9.17) is 39.9 Å². The normalized spacial score (nSPS) is 10.6. The van der Waals surface area contributed by atoms with Gasteiger partial charge in [0.15, 0.2) is 0 Å². The van der Waals surface area contributed by atoms with E-state index in [1.54, 1.807) is 0 Å². The molecule has 0 fully saturated rings. The monoisotopic (exact) mass is 1330 g/mol. The van der Waals surface area contributed by atoms with Crippen molar-refractivity contribution in [3.63, 3.8) is 0 Å². The summed E-state index contributed by atoms with van der Waals surface area (Å²) < 4.78 is 0. The molecule has 97 heavy (non-hydrogen) atoms. The Balaban J connectivity index is 0.0000120. The zero-order chi connectivity index (χ0) is 67.1. The number of aromatic nitrogens is 8. The molecule has 0 aliphatic carbocycles. The predicted molar refractivity (Wildman–Crippen MR) is 402 cm³/mol. The second kappa shape index (κ2) is 40.2. The van der Waals surface area contributed by atoms with Gasteiger partial charge in [0.1, 0.15) is 0 Å². The molecule has 3 aromatic heterocycles. The van der Waals surface area contributed by atoms with Crippen LogP contribution < -0.4 is 9.97 Å². The van der Waals surface area contributed by atoms with Gasteiger partial charge in [0, 0.05) is 141 Å². The van der Waals surface area contributed by atoms with Gasteiger partial charge in [-0.25, -0.2) is 9.97 Å². The third-order valence-corrected chi connectivity index (χ3v) is 17.3. The van der Waals surface area contributed by atoms with Crippen LogP contribution in [0.25, 0.3) is 89.7 Å². The molecular weight excluding hydrogens is 1230 g/mol. The van der Waals surface area contributed by atoms with E-state index in [1.807, 2.05) is 0 Å². The van der Waals surface area contributed by atoms with Crippen LogP contribution in [-0.2, 0) is 19.5 Å². The largest absolute Gasteiger partial charge is 2.00 e. The van der Waals surface area contributed by atoms with E-state index in [2.05, 4.69) is 199 Å². The molecule has 0 spiro atoms. The van der Waals surface area contributed by atoms with Crippen LogP contribution in [-0.4, -0.2) is 29.9 Å². The zero-order valence-electron chi connectivity index (χ0n) is 59.5. The first-order valence-corrected chi connectivity index (χ1v) is 36.7. The molecule has 0 saturated heterocycles. The van der Waals surface area contributed by atoms with Crippen molar-refractivity contribution in [3.8, 4) is 140 Å². The van der Waals surface area contributed by atoms with Crippen molar-refractivity contribution in [2.75, 3.05) is 0 Å². The maximum Gasteiger partial charge on any atom is 2.00 e. The summed E-state index contributed by atoms with van der Waals surface area (Å²) in [5.41, 5.74) is 11.4. The van der Waals surface area contributed by atoms with Crippen molar-refractivity contribution in [2.45, 2.75) is 261 Å². The molecule has 5 heterocycles. The fourth-order valence-corrected chi connectivity index (χ4v) is 11.6. The molecular formula is C88H96N8Zn. The Labute approximate surface area is 593 Å². The van der Waals surface area contributed by atoms with Crippen molar-refractivity contribution in [2.24, 2.45) is 0 Å². The second-order valence-electron chi connectivity index (χ2n) is 25.3. The van der Waals surface area contributed by atoms with Gasteiger partial charge in [0.25, 0.3) is 0 Å². The minimum Gasteiger partial charge on any atom is -0.357 e. The van der Waals surface area contributed by atoms with Crippen LogP contribution in [0.4, 0.5) is 0 Å². The summed E-state index contributed by atoms with van der Waals surface area (Å²) >= 11 is 0. The summed E-state index contributed by atoms with van der Waals surface area (Å²) in [5, 5.41) is 3.09. The van der Waals surface area contributed by atoms with Gasteiger partial charge in [-0.15, -0.1) is 0 Å². The first kappa shape index (κ1) is 74.1.